The first-order valence-electron chi connectivity index (χ1n) is 5.38. The molecule has 1 aromatic heterocycles. The molecule has 0 radical (unpaired) electrons. The Hall–Kier alpha value is -2.68. The Morgan fingerprint density at radius 1 is 1.50 bits per heavy atom. The summed E-state index contributed by atoms with van der Waals surface area (Å²) in [6.07, 6.45) is 2.35. The number of aromatic nitrogens is 3. The Bertz CT molecular complexity index is 626. The molecule has 0 saturated heterocycles. The zero-order valence-electron chi connectivity index (χ0n) is 10.0. The number of nitrogens with zero attached hydrogens (tertiary/aromatic N) is 5. The summed E-state index contributed by atoms with van der Waals surface area (Å²) in [5.41, 5.74) is 3.58. The average molecular weight is 297 g/mol. The van der Waals surface area contributed by atoms with Gasteiger partial charge in [-0.05, 0) is 28.9 Å². The molecule has 0 bridgehead atoms. The highest BCUT2D eigenvalue weighted by Crippen LogP contribution is 2.13. The second-order valence-corrected chi connectivity index (χ2v) is 4.14. The summed E-state index contributed by atoms with van der Waals surface area (Å²) in [6.45, 7) is -0.0944. The highest BCUT2D eigenvalue weighted by atomic mass is 35.5. The monoisotopic (exact) mass is 296 g/mol. The molecule has 2 rings (SSSR count). The van der Waals surface area contributed by atoms with E-state index in [-0.39, 0.29) is 12.5 Å². The quantitative estimate of drug-likeness (QED) is 0.500. The van der Waals surface area contributed by atoms with Gasteiger partial charge in [0.1, 0.15) is 5.10 Å². The fourth-order valence-electron chi connectivity index (χ4n) is 1.41. The lowest BCUT2D eigenvalue weighted by molar-refractivity contribution is -0.738. The summed E-state index contributed by atoms with van der Waals surface area (Å²) in [6, 6.07) is 6.61. The Morgan fingerprint density at radius 3 is 2.85 bits per heavy atom. The number of hydrogen-bond acceptors (Lipinski definition) is 4. The van der Waals surface area contributed by atoms with Gasteiger partial charge in [0.25, 0.3) is 12.2 Å². The van der Waals surface area contributed by atoms with Crippen molar-refractivity contribution in [2.45, 2.75) is 6.54 Å². The second-order valence-electron chi connectivity index (χ2n) is 3.71. The summed E-state index contributed by atoms with van der Waals surface area (Å²) < 4.78 is 2.12. The van der Waals surface area contributed by atoms with Gasteiger partial charge >= 0.3 is 6.33 Å². The molecule has 2 aromatic rings. The molecule has 1 amide bonds. The van der Waals surface area contributed by atoms with Crippen LogP contribution in [0.5, 0.6) is 0 Å². The van der Waals surface area contributed by atoms with Crippen molar-refractivity contribution in [3.8, 4) is 0 Å². The number of nitro groups is 1. The van der Waals surface area contributed by atoms with Crippen LogP contribution in [0.15, 0.2) is 36.9 Å². The first-order chi connectivity index (χ1) is 9.52. The molecule has 0 unspecified atom stereocenters. The number of halogens is 1. The molecule has 0 aliphatic rings. The average Bonchev–Trinajstić information content (AvgIpc) is 2.78. The van der Waals surface area contributed by atoms with Gasteiger partial charge in [-0.2, -0.15) is 0 Å². The molecule has 20 heavy (non-hydrogen) atoms. The number of hydrogen-bond donors (Lipinski definition) is 1. The van der Waals surface area contributed by atoms with Crippen LogP contribution in [0.1, 0.15) is 0 Å². The van der Waals surface area contributed by atoms with Gasteiger partial charge < -0.3 is 15.4 Å². The molecule has 10 heteroatoms. The first-order valence-corrected chi connectivity index (χ1v) is 5.76. The SMILES string of the molecule is O=C(Cn1c[n+]([N-][N+](=O)[O-])cn1)Nc1ccc(Cl)cc1. The third-order valence-corrected chi connectivity index (χ3v) is 2.43. The summed E-state index contributed by atoms with van der Waals surface area (Å²) in [5, 5.41) is 16.3. The summed E-state index contributed by atoms with van der Waals surface area (Å²) in [4.78, 5) is 21.9. The van der Waals surface area contributed by atoms with E-state index >= 15 is 0 Å². The molecule has 1 aromatic carbocycles. The lowest BCUT2D eigenvalue weighted by Gasteiger charge is -2.07. The van der Waals surface area contributed by atoms with Crippen LogP contribution < -0.4 is 9.99 Å². The standard InChI is InChI=1S/C10H9ClN6O3/c11-8-1-3-9(4-2-8)13-10(18)5-15-7-16(6-12-15)14-17(19)20/h1-4,6-7H,5H2,(H,13,18). The zero-order chi connectivity index (χ0) is 14.5. The largest absolute Gasteiger partial charge is 0.373 e. The zero-order valence-corrected chi connectivity index (χ0v) is 10.8. The first kappa shape index (κ1) is 13.7. The number of carbonyl (C=O) groups is 1. The van der Waals surface area contributed by atoms with Gasteiger partial charge in [-0.1, -0.05) is 11.6 Å². The van der Waals surface area contributed by atoms with E-state index in [2.05, 4.69) is 16.0 Å². The van der Waals surface area contributed by atoms with Crippen molar-refractivity contribution >= 4 is 23.2 Å². The van der Waals surface area contributed by atoms with Crippen LogP contribution in [0.4, 0.5) is 5.69 Å². The fourth-order valence-corrected chi connectivity index (χ4v) is 1.53. The van der Waals surface area contributed by atoms with Gasteiger partial charge in [0, 0.05) is 10.7 Å². The lowest BCUT2D eigenvalue weighted by atomic mass is 10.3. The van der Waals surface area contributed by atoms with Gasteiger partial charge in [-0.25, -0.2) is 4.68 Å². The third kappa shape index (κ3) is 3.92. The van der Waals surface area contributed by atoms with Crippen molar-refractivity contribution in [1.82, 2.24) is 9.78 Å². The molecule has 9 nitrogen and oxygen atoms in total. The highest BCUT2D eigenvalue weighted by molar-refractivity contribution is 6.30. The minimum absolute atomic E-state index is 0.0944. The molecule has 0 aliphatic heterocycles. The number of carbonyl (C=O) groups excluding carboxylic acids is 1. The van der Waals surface area contributed by atoms with E-state index < -0.39 is 5.03 Å². The van der Waals surface area contributed by atoms with E-state index in [1.807, 2.05) is 0 Å². The van der Waals surface area contributed by atoms with E-state index in [1.54, 1.807) is 24.3 Å². The minimum atomic E-state index is -0.861. The Labute approximate surface area is 117 Å². The van der Waals surface area contributed by atoms with Gasteiger partial charge in [0.15, 0.2) is 0 Å². The van der Waals surface area contributed by atoms with Gasteiger partial charge in [0.2, 0.25) is 6.54 Å². The van der Waals surface area contributed by atoms with E-state index in [0.717, 1.165) is 11.0 Å². The van der Waals surface area contributed by atoms with Crippen molar-refractivity contribution in [1.29, 1.82) is 0 Å². The third-order valence-electron chi connectivity index (χ3n) is 2.18. The summed E-state index contributed by atoms with van der Waals surface area (Å²) in [5.74, 6) is -0.330. The van der Waals surface area contributed by atoms with E-state index in [0.29, 0.717) is 10.7 Å². The van der Waals surface area contributed by atoms with Crippen LogP contribution >= 0.6 is 11.6 Å². The van der Waals surface area contributed by atoms with Crippen LogP contribution in [0, 0.1) is 10.1 Å². The molecule has 0 aliphatic carbocycles. The van der Waals surface area contributed by atoms with Crippen LogP contribution in [-0.2, 0) is 11.3 Å². The maximum Gasteiger partial charge on any atom is 0.332 e. The van der Waals surface area contributed by atoms with Gasteiger partial charge in [0.05, 0.1) is 0 Å². The normalized spacial score (nSPS) is 10.1. The molecule has 0 atom stereocenters. The van der Waals surface area contributed by atoms with Crippen LogP contribution in [0.2, 0.25) is 5.02 Å². The van der Waals surface area contributed by atoms with E-state index in [1.165, 1.54) is 11.0 Å². The van der Waals surface area contributed by atoms with Crippen molar-refractivity contribution in [2.24, 2.45) is 0 Å². The number of amides is 1. The maximum absolute atomic E-state index is 11.7. The molecular formula is C10H9ClN6O3. The number of rotatable bonds is 5. The van der Waals surface area contributed by atoms with Crippen molar-refractivity contribution in [2.75, 3.05) is 5.32 Å². The molecular weight excluding hydrogens is 288 g/mol. The predicted molar refractivity (Wildman–Crippen MR) is 68.3 cm³/mol. The number of nitrogens with one attached hydrogen (secondary N) is 1. The Balaban J connectivity index is 1.92. The van der Waals surface area contributed by atoms with E-state index in [4.69, 9.17) is 11.6 Å². The van der Waals surface area contributed by atoms with Crippen LogP contribution in [0.25, 0.3) is 5.53 Å². The molecule has 1 heterocycles. The Kier molecular flexibility index (Phi) is 4.11. The Morgan fingerprint density at radius 2 is 2.20 bits per heavy atom. The minimum Gasteiger partial charge on any atom is -0.373 e. The molecule has 0 fully saturated rings. The summed E-state index contributed by atoms with van der Waals surface area (Å²) >= 11 is 5.73. The van der Waals surface area contributed by atoms with Crippen molar-refractivity contribution in [3.05, 3.63) is 57.6 Å². The predicted octanol–water partition coefficient (Wildman–Crippen LogP) is 0.791. The van der Waals surface area contributed by atoms with Gasteiger partial charge in [-0.3, -0.25) is 10.3 Å². The molecule has 104 valence electrons. The van der Waals surface area contributed by atoms with Gasteiger partial charge in [-0.15, -0.1) is 5.03 Å². The highest BCUT2D eigenvalue weighted by Gasteiger charge is 2.13. The topological polar surface area (TPSA) is 108 Å². The molecule has 0 spiro atoms. The molecule has 0 saturated carbocycles. The summed E-state index contributed by atoms with van der Waals surface area (Å²) in [7, 11) is 0. The van der Waals surface area contributed by atoms with Crippen molar-refractivity contribution in [3.63, 3.8) is 0 Å². The number of anilines is 1. The van der Waals surface area contributed by atoms with Crippen LogP contribution in [-0.4, -0.2) is 20.7 Å². The van der Waals surface area contributed by atoms with Crippen LogP contribution in [0.3, 0.4) is 0 Å². The number of benzene rings is 1. The lowest BCUT2D eigenvalue weighted by Crippen LogP contribution is -2.29. The second kappa shape index (κ2) is 5.97. The molecule has 1 N–H and O–H groups in total. The van der Waals surface area contributed by atoms with Crippen molar-refractivity contribution < 1.29 is 14.5 Å². The van der Waals surface area contributed by atoms with E-state index in [9.17, 15) is 14.9 Å². The maximum atomic E-state index is 11.7. The smallest absolute Gasteiger partial charge is 0.332 e. The fraction of sp³-hybridized carbons (Fsp3) is 0.100.